The fourth-order valence-corrected chi connectivity index (χ4v) is 1.26. The molecule has 0 aromatic heterocycles. The number of aromatic hydroxyl groups is 1. The average Bonchev–Trinajstić information content (AvgIpc) is 2.38. The highest BCUT2D eigenvalue weighted by Gasteiger charge is 2.40. The van der Waals surface area contributed by atoms with E-state index in [4.69, 9.17) is 5.11 Å². The van der Waals surface area contributed by atoms with Crippen molar-refractivity contribution in [2.24, 2.45) is 0 Å². The molecule has 0 aliphatic rings. The van der Waals surface area contributed by atoms with Gasteiger partial charge in [-0.1, -0.05) is 6.07 Å². The van der Waals surface area contributed by atoms with Crippen molar-refractivity contribution in [2.45, 2.75) is 12.3 Å². The number of nitrogens with one attached hydrogen (secondary N) is 2. The molecule has 1 aromatic rings. The standard InChI is InChI=1S/C11H10F4N2O4/c12-9(13)11(14,15)4-16-10(21)17-6-3-1-2-5(7(6)18)8(19)20/h1-3,9,18H,4H2,(H,19,20)(H2,16,17,21). The Kier molecular flexibility index (Phi) is 4.95. The molecule has 6 nitrogen and oxygen atoms in total. The third-order valence-corrected chi connectivity index (χ3v) is 2.32. The van der Waals surface area contributed by atoms with Crippen molar-refractivity contribution in [1.82, 2.24) is 5.32 Å². The number of carbonyl (C=O) groups is 2. The van der Waals surface area contributed by atoms with Gasteiger partial charge in [0.2, 0.25) is 0 Å². The number of halogens is 4. The van der Waals surface area contributed by atoms with Gasteiger partial charge in [-0.15, -0.1) is 0 Å². The minimum atomic E-state index is -4.40. The Labute approximate surface area is 115 Å². The maximum atomic E-state index is 12.6. The number of hydrogen-bond donors (Lipinski definition) is 4. The normalized spacial score (nSPS) is 11.3. The molecular formula is C11H10F4N2O4. The van der Waals surface area contributed by atoms with Crippen molar-refractivity contribution in [1.29, 1.82) is 0 Å². The van der Waals surface area contributed by atoms with E-state index >= 15 is 0 Å². The summed E-state index contributed by atoms with van der Waals surface area (Å²) in [7, 11) is 0. The second-order valence-electron chi connectivity index (χ2n) is 3.88. The first-order valence-electron chi connectivity index (χ1n) is 5.41. The molecule has 0 saturated heterocycles. The van der Waals surface area contributed by atoms with E-state index in [1.165, 1.54) is 11.4 Å². The van der Waals surface area contributed by atoms with Crippen molar-refractivity contribution >= 4 is 17.7 Å². The number of hydrogen-bond acceptors (Lipinski definition) is 3. The summed E-state index contributed by atoms with van der Waals surface area (Å²) >= 11 is 0. The quantitative estimate of drug-likeness (QED) is 0.494. The monoisotopic (exact) mass is 310 g/mol. The predicted octanol–water partition coefficient (Wildman–Crippen LogP) is 2.11. The van der Waals surface area contributed by atoms with E-state index in [2.05, 4.69) is 0 Å². The molecule has 0 aliphatic heterocycles. The number of anilines is 1. The SMILES string of the molecule is O=C(NCC(F)(F)C(F)F)Nc1cccc(C(=O)O)c1O. The number of alkyl halides is 4. The van der Waals surface area contributed by atoms with Crippen LogP contribution in [0.4, 0.5) is 28.0 Å². The van der Waals surface area contributed by atoms with Crippen LogP contribution in [0.5, 0.6) is 5.75 Å². The summed E-state index contributed by atoms with van der Waals surface area (Å²) in [4.78, 5) is 22.0. The number of carboxylic acid groups (broad SMARTS) is 1. The van der Waals surface area contributed by atoms with Crippen LogP contribution in [0.2, 0.25) is 0 Å². The summed E-state index contributed by atoms with van der Waals surface area (Å²) in [6.45, 7) is -1.62. The molecule has 0 atom stereocenters. The number of phenols is 1. The Morgan fingerprint density at radius 1 is 1.29 bits per heavy atom. The lowest BCUT2D eigenvalue weighted by Gasteiger charge is -2.16. The summed E-state index contributed by atoms with van der Waals surface area (Å²) in [6, 6.07) is 2.04. The predicted molar refractivity (Wildman–Crippen MR) is 63.0 cm³/mol. The number of carboxylic acids is 1. The highest BCUT2D eigenvalue weighted by atomic mass is 19.3. The van der Waals surface area contributed by atoms with Gasteiger partial charge in [-0.2, -0.15) is 8.78 Å². The lowest BCUT2D eigenvalue weighted by Crippen LogP contribution is -2.42. The minimum Gasteiger partial charge on any atom is -0.505 e. The second-order valence-corrected chi connectivity index (χ2v) is 3.88. The molecule has 0 heterocycles. The van der Waals surface area contributed by atoms with Gasteiger partial charge < -0.3 is 20.8 Å². The molecule has 1 rings (SSSR count). The van der Waals surface area contributed by atoms with E-state index in [9.17, 15) is 32.3 Å². The Balaban J connectivity index is 2.72. The maximum Gasteiger partial charge on any atom is 0.339 e. The molecule has 1 aromatic carbocycles. The molecular weight excluding hydrogens is 300 g/mol. The van der Waals surface area contributed by atoms with Gasteiger partial charge in [-0.3, -0.25) is 0 Å². The first kappa shape index (κ1) is 16.5. The van der Waals surface area contributed by atoms with Crippen LogP contribution in [0.3, 0.4) is 0 Å². The summed E-state index contributed by atoms with van der Waals surface area (Å²) in [5.74, 6) is -6.66. The van der Waals surface area contributed by atoms with Crippen LogP contribution in [0.15, 0.2) is 18.2 Å². The van der Waals surface area contributed by atoms with Crippen molar-refractivity contribution in [3.05, 3.63) is 23.8 Å². The van der Waals surface area contributed by atoms with Gasteiger partial charge in [0.05, 0.1) is 12.2 Å². The molecule has 2 amide bonds. The van der Waals surface area contributed by atoms with Gasteiger partial charge in [0, 0.05) is 0 Å². The van der Waals surface area contributed by atoms with E-state index in [0.29, 0.717) is 0 Å². The van der Waals surface area contributed by atoms with Crippen LogP contribution in [0, 0.1) is 0 Å². The number of carbonyl (C=O) groups excluding carboxylic acids is 1. The van der Waals surface area contributed by atoms with E-state index in [1.807, 2.05) is 5.32 Å². The smallest absolute Gasteiger partial charge is 0.339 e. The number of amides is 2. The van der Waals surface area contributed by atoms with E-state index in [1.54, 1.807) is 0 Å². The van der Waals surface area contributed by atoms with Crippen LogP contribution in [0.25, 0.3) is 0 Å². The maximum absolute atomic E-state index is 12.6. The van der Waals surface area contributed by atoms with Crippen LogP contribution >= 0.6 is 0 Å². The largest absolute Gasteiger partial charge is 0.505 e. The number of benzene rings is 1. The topological polar surface area (TPSA) is 98.7 Å². The summed E-state index contributed by atoms with van der Waals surface area (Å²) in [6.07, 6.45) is -3.94. The lowest BCUT2D eigenvalue weighted by molar-refractivity contribution is -0.123. The Morgan fingerprint density at radius 3 is 2.43 bits per heavy atom. The third kappa shape index (κ3) is 4.23. The van der Waals surface area contributed by atoms with Crippen LogP contribution in [0.1, 0.15) is 10.4 Å². The van der Waals surface area contributed by atoms with Crippen molar-refractivity contribution < 1.29 is 37.4 Å². The number of para-hydroxylation sites is 1. The number of urea groups is 1. The zero-order chi connectivity index (χ0) is 16.2. The van der Waals surface area contributed by atoms with Gasteiger partial charge in [-0.05, 0) is 12.1 Å². The second kappa shape index (κ2) is 6.29. The molecule has 21 heavy (non-hydrogen) atoms. The molecule has 0 saturated carbocycles. The van der Waals surface area contributed by atoms with Gasteiger partial charge in [0.15, 0.2) is 5.75 Å². The van der Waals surface area contributed by atoms with Gasteiger partial charge in [0.1, 0.15) is 5.56 Å². The summed E-state index contributed by atoms with van der Waals surface area (Å²) in [5.41, 5.74) is -0.890. The summed E-state index contributed by atoms with van der Waals surface area (Å²) < 4.78 is 48.9. The van der Waals surface area contributed by atoms with Crippen molar-refractivity contribution in [2.75, 3.05) is 11.9 Å². The van der Waals surface area contributed by atoms with Crippen LogP contribution in [-0.4, -0.2) is 41.1 Å². The van der Waals surface area contributed by atoms with E-state index < -0.39 is 42.2 Å². The molecule has 116 valence electrons. The highest BCUT2D eigenvalue weighted by Crippen LogP contribution is 2.27. The lowest BCUT2D eigenvalue weighted by atomic mass is 10.1. The molecule has 4 N–H and O–H groups in total. The van der Waals surface area contributed by atoms with Crippen LogP contribution in [-0.2, 0) is 0 Å². The van der Waals surface area contributed by atoms with E-state index in [-0.39, 0.29) is 5.69 Å². The molecule has 0 bridgehead atoms. The molecule has 0 fully saturated rings. The zero-order valence-corrected chi connectivity index (χ0v) is 10.2. The van der Waals surface area contributed by atoms with Gasteiger partial charge in [-0.25, -0.2) is 18.4 Å². The van der Waals surface area contributed by atoms with Crippen molar-refractivity contribution in [3.63, 3.8) is 0 Å². The number of aromatic carboxylic acids is 1. The minimum absolute atomic E-state index is 0.368. The third-order valence-electron chi connectivity index (χ3n) is 2.32. The van der Waals surface area contributed by atoms with Gasteiger partial charge >= 0.3 is 24.3 Å². The first-order chi connectivity index (χ1) is 9.65. The average molecular weight is 310 g/mol. The first-order valence-corrected chi connectivity index (χ1v) is 5.41. The van der Waals surface area contributed by atoms with E-state index in [0.717, 1.165) is 12.1 Å². The van der Waals surface area contributed by atoms with Gasteiger partial charge in [0.25, 0.3) is 0 Å². The highest BCUT2D eigenvalue weighted by molar-refractivity contribution is 5.97. The molecule has 0 aliphatic carbocycles. The molecule has 0 spiro atoms. The van der Waals surface area contributed by atoms with Crippen molar-refractivity contribution in [3.8, 4) is 5.75 Å². The fourth-order valence-electron chi connectivity index (χ4n) is 1.26. The number of rotatable bonds is 5. The fraction of sp³-hybridized carbons (Fsp3) is 0.273. The zero-order valence-electron chi connectivity index (χ0n) is 10.2. The Hall–Kier alpha value is -2.52. The van der Waals surface area contributed by atoms with Crippen LogP contribution < -0.4 is 10.6 Å². The Morgan fingerprint density at radius 2 is 1.90 bits per heavy atom. The molecule has 0 radical (unpaired) electrons. The summed E-state index contributed by atoms with van der Waals surface area (Å²) in [5, 5.41) is 21.6. The Bertz CT molecular complexity index is 551. The molecule has 10 heteroatoms. The molecule has 0 unspecified atom stereocenters.